The predicted octanol–water partition coefficient (Wildman–Crippen LogP) is 3.23. The highest BCUT2D eigenvalue weighted by molar-refractivity contribution is 8.01. The van der Waals surface area contributed by atoms with E-state index in [0.717, 1.165) is 19.4 Å². The van der Waals surface area contributed by atoms with Crippen LogP contribution >= 0.6 is 11.8 Å². The van der Waals surface area contributed by atoms with Crippen LogP contribution in [0.25, 0.3) is 0 Å². The van der Waals surface area contributed by atoms with E-state index in [1.807, 2.05) is 4.90 Å². The van der Waals surface area contributed by atoms with Gasteiger partial charge in [0.05, 0.1) is 12.0 Å². The topological polar surface area (TPSA) is 53.7 Å². The molecular weight excluding hydrogens is 286 g/mol. The van der Waals surface area contributed by atoms with Crippen molar-refractivity contribution in [2.45, 2.75) is 56.9 Å². The summed E-state index contributed by atoms with van der Waals surface area (Å²) in [5, 5.41) is 10.2. The van der Waals surface area contributed by atoms with Crippen LogP contribution in [0.5, 0.6) is 0 Å². The molecule has 2 atom stereocenters. The van der Waals surface area contributed by atoms with Crippen LogP contribution in [-0.4, -0.2) is 39.0 Å². The van der Waals surface area contributed by atoms with Crippen molar-refractivity contribution in [2.24, 2.45) is 0 Å². The van der Waals surface area contributed by atoms with Gasteiger partial charge in [-0.3, -0.25) is 4.79 Å². The van der Waals surface area contributed by atoms with Gasteiger partial charge in [-0.2, -0.15) is 0 Å². The molecule has 2 heterocycles. The second kappa shape index (κ2) is 6.88. The standard InChI is InChI=1S/C16H25NO3S/c1-16(2,3)21-11-15(19)17-8-4-6-12(17)10-13(18)14-7-5-9-20-14/h5,7,9,12-13,18H,4,6,8,10-11H2,1-3H3/t12-,13+/m0/s1. The minimum atomic E-state index is -0.631. The number of aliphatic hydroxyl groups excluding tert-OH is 1. The maximum atomic E-state index is 12.4. The Labute approximate surface area is 130 Å². The number of likely N-dealkylation sites (tertiary alicyclic amines) is 1. The van der Waals surface area contributed by atoms with Crippen LogP contribution in [-0.2, 0) is 4.79 Å². The van der Waals surface area contributed by atoms with Crippen molar-refractivity contribution in [3.05, 3.63) is 24.2 Å². The first-order valence-corrected chi connectivity index (χ1v) is 8.50. The van der Waals surface area contributed by atoms with E-state index in [2.05, 4.69) is 20.8 Å². The van der Waals surface area contributed by atoms with E-state index < -0.39 is 6.10 Å². The number of rotatable bonds is 5. The highest BCUT2D eigenvalue weighted by Crippen LogP contribution is 2.29. The number of carbonyl (C=O) groups is 1. The number of nitrogens with zero attached hydrogens (tertiary/aromatic N) is 1. The molecule has 118 valence electrons. The van der Waals surface area contributed by atoms with E-state index in [9.17, 15) is 9.90 Å². The van der Waals surface area contributed by atoms with Crippen LogP contribution in [0.4, 0.5) is 0 Å². The first-order valence-electron chi connectivity index (χ1n) is 7.52. The quantitative estimate of drug-likeness (QED) is 0.907. The van der Waals surface area contributed by atoms with Crippen molar-refractivity contribution in [3.8, 4) is 0 Å². The molecule has 4 nitrogen and oxygen atoms in total. The van der Waals surface area contributed by atoms with Crippen LogP contribution in [0.1, 0.15) is 51.9 Å². The van der Waals surface area contributed by atoms with Gasteiger partial charge in [0.2, 0.25) is 5.91 Å². The van der Waals surface area contributed by atoms with E-state index in [4.69, 9.17) is 4.42 Å². The van der Waals surface area contributed by atoms with Crippen molar-refractivity contribution < 1.29 is 14.3 Å². The van der Waals surface area contributed by atoms with Crippen molar-refractivity contribution in [3.63, 3.8) is 0 Å². The Morgan fingerprint density at radius 2 is 2.33 bits per heavy atom. The summed E-state index contributed by atoms with van der Waals surface area (Å²) < 4.78 is 5.33. The van der Waals surface area contributed by atoms with Gasteiger partial charge in [-0.15, -0.1) is 11.8 Å². The summed E-state index contributed by atoms with van der Waals surface area (Å²) in [5.74, 6) is 1.28. The second-order valence-electron chi connectivity index (χ2n) is 6.55. The normalized spacial score (nSPS) is 20.8. The third kappa shape index (κ3) is 4.78. The first-order chi connectivity index (χ1) is 9.87. The van der Waals surface area contributed by atoms with Crippen molar-refractivity contribution in [1.29, 1.82) is 0 Å². The summed E-state index contributed by atoms with van der Waals surface area (Å²) in [6.07, 6.45) is 3.47. The number of furan rings is 1. The molecule has 1 N–H and O–H groups in total. The third-order valence-electron chi connectivity index (χ3n) is 3.69. The van der Waals surface area contributed by atoms with E-state index in [-0.39, 0.29) is 16.7 Å². The summed E-state index contributed by atoms with van der Waals surface area (Å²) in [5.41, 5.74) is 0. The molecule has 0 aliphatic carbocycles. The third-order valence-corrected chi connectivity index (χ3v) is 4.95. The molecule has 1 fully saturated rings. The Morgan fingerprint density at radius 1 is 1.57 bits per heavy atom. The highest BCUT2D eigenvalue weighted by atomic mass is 32.2. The molecule has 0 unspecified atom stereocenters. The van der Waals surface area contributed by atoms with Gasteiger partial charge in [-0.05, 0) is 25.0 Å². The summed E-state index contributed by atoms with van der Waals surface area (Å²) in [6.45, 7) is 7.16. The zero-order valence-corrected chi connectivity index (χ0v) is 13.9. The minimum Gasteiger partial charge on any atom is -0.467 e. The lowest BCUT2D eigenvalue weighted by atomic mass is 10.1. The molecule has 5 heteroatoms. The van der Waals surface area contributed by atoms with Gasteiger partial charge in [0, 0.05) is 23.8 Å². The Kier molecular flexibility index (Phi) is 5.38. The molecule has 1 amide bonds. The van der Waals surface area contributed by atoms with Gasteiger partial charge >= 0.3 is 0 Å². The fourth-order valence-corrected chi connectivity index (χ4v) is 3.35. The molecule has 1 aliphatic rings. The fourth-order valence-electron chi connectivity index (χ4n) is 2.62. The number of aliphatic hydroxyl groups is 1. The first kappa shape index (κ1) is 16.4. The number of amides is 1. The average molecular weight is 311 g/mol. The summed E-state index contributed by atoms with van der Waals surface area (Å²) >= 11 is 1.67. The van der Waals surface area contributed by atoms with E-state index in [0.29, 0.717) is 17.9 Å². The zero-order valence-electron chi connectivity index (χ0n) is 13.0. The Hall–Kier alpha value is -0.940. The average Bonchev–Trinajstić information content (AvgIpc) is 3.05. The smallest absolute Gasteiger partial charge is 0.232 e. The molecule has 0 aromatic carbocycles. The van der Waals surface area contributed by atoms with Crippen molar-refractivity contribution in [1.82, 2.24) is 4.90 Å². The number of carbonyl (C=O) groups excluding carboxylic acids is 1. The number of hydrogen-bond donors (Lipinski definition) is 1. The summed E-state index contributed by atoms with van der Waals surface area (Å²) in [4.78, 5) is 14.3. The molecule has 1 saturated heterocycles. The number of thioether (sulfide) groups is 1. The lowest BCUT2D eigenvalue weighted by Crippen LogP contribution is -2.38. The molecule has 0 saturated carbocycles. The number of hydrogen-bond acceptors (Lipinski definition) is 4. The Morgan fingerprint density at radius 3 is 2.95 bits per heavy atom. The van der Waals surface area contributed by atoms with Crippen LogP contribution in [0.3, 0.4) is 0 Å². The second-order valence-corrected chi connectivity index (χ2v) is 8.35. The van der Waals surface area contributed by atoms with Gasteiger partial charge in [-0.25, -0.2) is 0 Å². The minimum absolute atomic E-state index is 0.0958. The van der Waals surface area contributed by atoms with Crippen LogP contribution in [0, 0.1) is 0 Å². The molecule has 1 aliphatic heterocycles. The van der Waals surface area contributed by atoms with E-state index in [1.54, 1.807) is 30.2 Å². The molecular formula is C16H25NO3S. The molecule has 1 aromatic rings. The highest BCUT2D eigenvalue weighted by Gasteiger charge is 2.31. The predicted molar refractivity (Wildman–Crippen MR) is 85.2 cm³/mol. The lowest BCUT2D eigenvalue weighted by Gasteiger charge is -2.27. The van der Waals surface area contributed by atoms with E-state index in [1.165, 1.54) is 0 Å². The molecule has 0 spiro atoms. The molecule has 21 heavy (non-hydrogen) atoms. The molecule has 0 radical (unpaired) electrons. The van der Waals surface area contributed by atoms with E-state index >= 15 is 0 Å². The fraction of sp³-hybridized carbons (Fsp3) is 0.688. The monoisotopic (exact) mass is 311 g/mol. The van der Waals surface area contributed by atoms with Gasteiger partial charge in [-0.1, -0.05) is 20.8 Å². The van der Waals surface area contributed by atoms with Gasteiger partial charge in [0.25, 0.3) is 0 Å². The lowest BCUT2D eigenvalue weighted by molar-refractivity contribution is -0.129. The summed E-state index contributed by atoms with van der Waals surface area (Å²) in [6, 6.07) is 3.68. The molecule has 0 bridgehead atoms. The van der Waals surface area contributed by atoms with Crippen LogP contribution < -0.4 is 0 Å². The van der Waals surface area contributed by atoms with Gasteiger partial charge < -0.3 is 14.4 Å². The Bertz CT molecular complexity index is 453. The largest absolute Gasteiger partial charge is 0.467 e. The summed E-state index contributed by atoms with van der Waals surface area (Å²) in [7, 11) is 0. The zero-order chi connectivity index (χ0) is 15.5. The maximum absolute atomic E-state index is 12.4. The maximum Gasteiger partial charge on any atom is 0.232 e. The molecule has 2 rings (SSSR count). The van der Waals surface area contributed by atoms with Gasteiger partial charge in [0.1, 0.15) is 11.9 Å². The van der Waals surface area contributed by atoms with Crippen LogP contribution in [0.2, 0.25) is 0 Å². The van der Waals surface area contributed by atoms with Crippen LogP contribution in [0.15, 0.2) is 22.8 Å². The van der Waals surface area contributed by atoms with Gasteiger partial charge in [0.15, 0.2) is 0 Å². The van der Waals surface area contributed by atoms with Crippen molar-refractivity contribution in [2.75, 3.05) is 12.3 Å². The molecule has 1 aromatic heterocycles. The van der Waals surface area contributed by atoms with Crippen molar-refractivity contribution >= 4 is 17.7 Å². The SMILES string of the molecule is CC(C)(C)SCC(=O)N1CCC[C@H]1C[C@@H](O)c1ccco1. The Balaban J connectivity index is 1.89.